The molecule has 0 saturated heterocycles. The Morgan fingerprint density at radius 2 is 1.46 bits per heavy atom. The molecule has 2 amide bonds. The zero-order valence-electron chi connectivity index (χ0n) is 18.8. The molecule has 0 bridgehead atoms. The molecule has 0 saturated carbocycles. The topological polar surface area (TPSA) is 58.2 Å². The molecular weight excluding hydrogens is 499 g/mol. The molecule has 0 aliphatic heterocycles. The van der Waals surface area contributed by atoms with Crippen LogP contribution in [0.25, 0.3) is 0 Å². The lowest BCUT2D eigenvalue weighted by atomic mass is 10.1. The lowest BCUT2D eigenvalue weighted by Gasteiger charge is -2.18. The van der Waals surface area contributed by atoms with Gasteiger partial charge < -0.3 is 10.6 Å². The second-order valence-electron chi connectivity index (χ2n) is 7.84. The third kappa shape index (κ3) is 6.45. The molecule has 4 aromatic rings. The number of carbonyl (C=O) groups is 2. The molecule has 0 radical (unpaired) electrons. The Kier molecular flexibility index (Phi) is 8.13. The first-order chi connectivity index (χ1) is 16.9. The quantitative estimate of drug-likeness (QED) is 0.242. The highest BCUT2D eigenvalue weighted by Crippen LogP contribution is 2.38. The molecule has 2 N–H and O–H groups in total. The molecule has 1 atom stereocenters. The molecule has 0 aliphatic rings. The highest BCUT2D eigenvalue weighted by atomic mass is 35.5. The van der Waals surface area contributed by atoms with Crippen LogP contribution in [0.5, 0.6) is 0 Å². The van der Waals surface area contributed by atoms with Gasteiger partial charge in [0.25, 0.3) is 5.91 Å². The van der Waals surface area contributed by atoms with E-state index in [0.717, 1.165) is 16.0 Å². The van der Waals surface area contributed by atoms with E-state index >= 15 is 0 Å². The van der Waals surface area contributed by atoms with Crippen LogP contribution in [-0.4, -0.2) is 11.8 Å². The Morgan fingerprint density at radius 3 is 2.14 bits per heavy atom. The minimum atomic E-state index is -0.528. The van der Waals surface area contributed by atoms with E-state index in [9.17, 15) is 9.59 Å². The fourth-order valence-electron chi connectivity index (χ4n) is 3.36. The summed E-state index contributed by atoms with van der Waals surface area (Å²) < 4.78 is 0. The van der Waals surface area contributed by atoms with Gasteiger partial charge in [-0.25, -0.2) is 0 Å². The molecule has 0 spiro atoms. The van der Waals surface area contributed by atoms with Crippen LogP contribution < -0.4 is 10.6 Å². The fourth-order valence-corrected chi connectivity index (χ4v) is 4.73. The zero-order valence-corrected chi connectivity index (χ0v) is 21.1. The van der Waals surface area contributed by atoms with E-state index in [4.69, 9.17) is 23.2 Å². The number of thioether (sulfide) groups is 1. The van der Waals surface area contributed by atoms with Gasteiger partial charge in [0.15, 0.2) is 0 Å². The van der Waals surface area contributed by atoms with Crippen LogP contribution in [0.3, 0.4) is 0 Å². The van der Waals surface area contributed by atoms with Gasteiger partial charge in [-0.05, 0) is 61.0 Å². The number of halogens is 2. The monoisotopic (exact) mass is 520 g/mol. The first-order valence-electron chi connectivity index (χ1n) is 10.9. The number of benzene rings is 4. The third-order valence-corrected chi connectivity index (χ3v) is 7.31. The summed E-state index contributed by atoms with van der Waals surface area (Å²) in [5.74, 6) is -0.396. The van der Waals surface area contributed by atoms with Gasteiger partial charge in [0.05, 0.1) is 15.7 Å². The summed E-state index contributed by atoms with van der Waals surface area (Å²) in [4.78, 5) is 26.7. The lowest BCUT2D eigenvalue weighted by molar-refractivity contribution is -0.115. The Hall–Kier alpha value is -3.25. The fraction of sp³-hybridized carbons (Fsp3) is 0.0714. The summed E-state index contributed by atoms with van der Waals surface area (Å²) in [6.45, 7) is 1.98. The van der Waals surface area contributed by atoms with Gasteiger partial charge in [-0.1, -0.05) is 77.3 Å². The molecule has 35 heavy (non-hydrogen) atoms. The number of amides is 2. The van der Waals surface area contributed by atoms with Crippen LogP contribution in [0.15, 0.2) is 102 Å². The summed E-state index contributed by atoms with van der Waals surface area (Å²) in [6, 6.07) is 29.4. The smallest absolute Gasteiger partial charge is 0.255 e. The average Bonchev–Trinajstić information content (AvgIpc) is 2.87. The maximum Gasteiger partial charge on any atom is 0.255 e. The molecule has 4 nitrogen and oxygen atoms in total. The Balaban J connectivity index is 1.50. The van der Waals surface area contributed by atoms with E-state index in [1.807, 2.05) is 73.7 Å². The van der Waals surface area contributed by atoms with Crippen molar-refractivity contribution < 1.29 is 9.59 Å². The van der Waals surface area contributed by atoms with Crippen molar-refractivity contribution in [3.05, 3.63) is 124 Å². The molecule has 0 fully saturated rings. The highest BCUT2D eigenvalue weighted by Gasteiger charge is 2.23. The second kappa shape index (κ2) is 11.5. The van der Waals surface area contributed by atoms with Crippen LogP contribution >= 0.6 is 35.0 Å². The van der Waals surface area contributed by atoms with E-state index in [2.05, 4.69) is 10.6 Å². The minimum absolute atomic E-state index is 0.176. The van der Waals surface area contributed by atoms with E-state index in [0.29, 0.717) is 27.0 Å². The van der Waals surface area contributed by atoms with Crippen molar-refractivity contribution in [3.8, 4) is 0 Å². The van der Waals surface area contributed by atoms with Gasteiger partial charge in [0, 0.05) is 16.1 Å². The van der Waals surface area contributed by atoms with Crippen LogP contribution in [-0.2, 0) is 4.79 Å². The Labute approximate surface area is 218 Å². The average molecular weight is 521 g/mol. The number of rotatable bonds is 7. The predicted molar refractivity (Wildman–Crippen MR) is 146 cm³/mol. The summed E-state index contributed by atoms with van der Waals surface area (Å²) in [5.41, 5.74) is 3.67. The maximum atomic E-state index is 13.3. The summed E-state index contributed by atoms with van der Waals surface area (Å²) in [5, 5.41) is 5.94. The van der Waals surface area contributed by atoms with E-state index in [1.54, 1.807) is 30.3 Å². The number of hydrogen-bond acceptors (Lipinski definition) is 3. The molecular formula is C28H22Cl2N2O2S. The predicted octanol–water partition coefficient (Wildman–Crippen LogP) is 8.03. The van der Waals surface area contributed by atoms with Crippen molar-refractivity contribution >= 4 is 58.2 Å². The first-order valence-corrected chi connectivity index (χ1v) is 12.5. The summed E-state index contributed by atoms with van der Waals surface area (Å²) in [6.07, 6.45) is 0. The van der Waals surface area contributed by atoms with E-state index in [1.165, 1.54) is 11.8 Å². The van der Waals surface area contributed by atoms with Crippen molar-refractivity contribution in [2.75, 3.05) is 10.6 Å². The van der Waals surface area contributed by atoms with E-state index < -0.39 is 5.25 Å². The number of carbonyl (C=O) groups excluding carboxylic acids is 2. The lowest BCUT2D eigenvalue weighted by Crippen LogP contribution is -2.19. The number of nitrogens with one attached hydrogen (secondary N) is 2. The first kappa shape index (κ1) is 24.9. The SMILES string of the molecule is Cc1ccc(C(=O)Nc2ccc(SC(C(=O)Nc3cccc(Cl)c3Cl)c3ccccc3)cc2)cc1. The van der Waals surface area contributed by atoms with Gasteiger partial charge in [-0.2, -0.15) is 0 Å². The van der Waals surface area contributed by atoms with Gasteiger partial charge in [0.1, 0.15) is 5.25 Å². The van der Waals surface area contributed by atoms with Crippen molar-refractivity contribution in [2.45, 2.75) is 17.1 Å². The van der Waals surface area contributed by atoms with Crippen LogP contribution in [0.2, 0.25) is 10.0 Å². The van der Waals surface area contributed by atoms with Gasteiger partial charge in [-0.15, -0.1) is 11.8 Å². The van der Waals surface area contributed by atoms with Gasteiger partial charge >= 0.3 is 0 Å². The van der Waals surface area contributed by atoms with Crippen LogP contribution in [0.1, 0.15) is 26.7 Å². The van der Waals surface area contributed by atoms with E-state index in [-0.39, 0.29) is 11.8 Å². The number of anilines is 2. The van der Waals surface area contributed by atoms with Crippen LogP contribution in [0.4, 0.5) is 11.4 Å². The molecule has 1 unspecified atom stereocenters. The Morgan fingerprint density at radius 1 is 0.771 bits per heavy atom. The molecule has 4 rings (SSSR count). The second-order valence-corrected chi connectivity index (χ2v) is 9.81. The van der Waals surface area contributed by atoms with Crippen molar-refractivity contribution in [1.29, 1.82) is 0 Å². The van der Waals surface area contributed by atoms with Crippen LogP contribution in [0, 0.1) is 6.92 Å². The summed E-state index contributed by atoms with van der Waals surface area (Å²) >= 11 is 13.8. The van der Waals surface area contributed by atoms with Crippen molar-refractivity contribution in [3.63, 3.8) is 0 Å². The molecule has 0 aromatic heterocycles. The largest absolute Gasteiger partial charge is 0.323 e. The normalized spacial score (nSPS) is 11.5. The number of hydrogen-bond donors (Lipinski definition) is 2. The Bertz CT molecular complexity index is 1330. The zero-order chi connectivity index (χ0) is 24.8. The minimum Gasteiger partial charge on any atom is -0.323 e. The molecule has 176 valence electrons. The molecule has 4 aromatic carbocycles. The standard InChI is InChI=1S/C28H22Cl2N2O2S/c1-18-10-12-20(13-11-18)27(33)31-21-14-16-22(17-15-21)35-26(19-6-3-2-4-7-19)28(34)32-24-9-5-8-23(29)25(24)30/h2-17,26H,1H3,(H,31,33)(H,32,34). The molecule has 0 heterocycles. The molecule has 0 aliphatic carbocycles. The number of aryl methyl sites for hydroxylation is 1. The highest BCUT2D eigenvalue weighted by molar-refractivity contribution is 8.00. The summed E-state index contributed by atoms with van der Waals surface area (Å²) in [7, 11) is 0. The maximum absolute atomic E-state index is 13.3. The van der Waals surface area contributed by atoms with Gasteiger partial charge in [0.2, 0.25) is 5.91 Å². The van der Waals surface area contributed by atoms with Crippen molar-refractivity contribution in [2.24, 2.45) is 0 Å². The van der Waals surface area contributed by atoms with Gasteiger partial charge in [-0.3, -0.25) is 9.59 Å². The van der Waals surface area contributed by atoms with Crippen molar-refractivity contribution in [1.82, 2.24) is 0 Å². The molecule has 7 heteroatoms. The third-order valence-electron chi connectivity index (χ3n) is 5.23.